The summed E-state index contributed by atoms with van der Waals surface area (Å²) in [5.74, 6) is -0.657. The third-order valence-corrected chi connectivity index (χ3v) is 5.31. The Kier molecular flexibility index (Phi) is 5.05. The number of rotatable bonds is 5. The van der Waals surface area contributed by atoms with Crippen molar-refractivity contribution in [3.05, 3.63) is 98.2 Å². The number of aromatic amines is 1. The second-order valence-corrected chi connectivity index (χ2v) is 7.32. The highest BCUT2D eigenvalue weighted by Crippen LogP contribution is 2.22. The maximum Gasteiger partial charge on any atom is 0.339 e. The lowest BCUT2D eigenvalue weighted by Gasteiger charge is -2.14. The van der Waals surface area contributed by atoms with Crippen molar-refractivity contribution < 1.29 is 14.3 Å². The number of aromatic nitrogens is 2. The van der Waals surface area contributed by atoms with Crippen LogP contribution < -0.4 is 5.56 Å². The van der Waals surface area contributed by atoms with Gasteiger partial charge in [0.2, 0.25) is 5.78 Å². The van der Waals surface area contributed by atoms with Crippen molar-refractivity contribution in [3.63, 3.8) is 0 Å². The Bertz CT molecular complexity index is 1260. The van der Waals surface area contributed by atoms with Crippen LogP contribution >= 0.6 is 11.3 Å². The molecule has 0 fully saturated rings. The molecule has 0 spiro atoms. The van der Waals surface area contributed by atoms with Crippen molar-refractivity contribution >= 4 is 34.0 Å². The van der Waals surface area contributed by atoms with Gasteiger partial charge in [0.25, 0.3) is 5.56 Å². The summed E-state index contributed by atoms with van der Waals surface area (Å²) in [5.41, 5.74) is 0.650. The summed E-state index contributed by atoms with van der Waals surface area (Å²) in [6.07, 6.45) is -0.801. The SMILES string of the molecule is CC(OC(=O)c1ccccc1C(=O)c1cccs1)c1nc2ccccc2c(=O)[nH]1. The van der Waals surface area contributed by atoms with Crippen LogP contribution in [0.2, 0.25) is 0 Å². The lowest BCUT2D eigenvalue weighted by Crippen LogP contribution is -2.18. The lowest BCUT2D eigenvalue weighted by atomic mass is 10.0. The standard InChI is InChI=1S/C22H16N2O4S/c1-13(20-23-17-10-5-4-9-16(17)21(26)24-20)28-22(27)15-8-3-2-7-14(15)19(25)18-11-6-12-29-18/h2-13H,1H3,(H,23,24,26). The molecule has 6 nitrogen and oxygen atoms in total. The number of hydrogen-bond donors (Lipinski definition) is 1. The average Bonchev–Trinajstić information content (AvgIpc) is 3.28. The van der Waals surface area contributed by atoms with Crippen LogP contribution in [0.4, 0.5) is 0 Å². The van der Waals surface area contributed by atoms with E-state index in [-0.39, 0.29) is 28.3 Å². The van der Waals surface area contributed by atoms with Gasteiger partial charge in [-0.15, -0.1) is 11.3 Å². The number of thiophene rings is 1. The molecule has 1 N–H and O–H groups in total. The maximum atomic E-state index is 12.8. The Morgan fingerprint density at radius 1 is 1.00 bits per heavy atom. The predicted octanol–water partition coefficient (Wildman–Crippen LogP) is 4.13. The van der Waals surface area contributed by atoms with Gasteiger partial charge in [-0.05, 0) is 36.6 Å². The average molecular weight is 404 g/mol. The summed E-state index contributed by atoms with van der Waals surface area (Å²) in [7, 11) is 0. The predicted molar refractivity (Wildman–Crippen MR) is 110 cm³/mol. The van der Waals surface area contributed by atoms with Crippen molar-refractivity contribution in [3.8, 4) is 0 Å². The van der Waals surface area contributed by atoms with Crippen LogP contribution in [0.25, 0.3) is 10.9 Å². The molecule has 2 aromatic carbocycles. The Morgan fingerprint density at radius 3 is 2.48 bits per heavy atom. The van der Waals surface area contributed by atoms with Crippen molar-refractivity contribution in [2.75, 3.05) is 0 Å². The first kappa shape index (κ1) is 18.8. The van der Waals surface area contributed by atoms with E-state index in [2.05, 4.69) is 9.97 Å². The fourth-order valence-electron chi connectivity index (χ4n) is 2.98. The van der Waals surface area contributed by atoms with E-state index in [1.807, 2.05) is 0 Å². The zero-order valence-electron chi connectivity index (χ0n) is 15.4. The highest BCUT2D eigenvalue weighted by Gasteiger charge is 2.22. The molecule has 4 aromatic rings. The Balaban J connectivity index is 1.62. The van der Waals surface area contributed by atoms with Crippen molar-refractivity contribution in [2.45, 2.75) is 13.0 Å². The van der Waals surface area contributed by atoms with Gasteiger partial charge in [0.15, 0.2) is 11.9 Å². The number of esters is 1. The molecule has 4 rings (SSSR count). The third-order valence-electron chi connectivity index (χ3n) is 4.44. The molecule has 0 aliphatic carbocycles. The van der Waals surface area contributed by atoms with E-state index in [9.17, 15) is 14.4 Å². The summed E-state index contributed by atoms with van der Waals surface area (Å²) in [5, 5.41) is 2.26. The Morgan fingerprint density at radius 2 is 1.72 bits per heavy atom. The fraction of sp³-hybridized carbons (Fsp3) is 0.0909. The van der Waals surface area contributed by atoms with Crippen LogP contribution in [0.1, 0.15) is 44.4 Å². The van der Waals surface area contributed by atoms with Gasteiger partial charge in [-0.2, -0.15) is 0 Å². The number of carbonyl (C=O) groups is 2. The smallest absolute Gasteiger partial charge is 0.339 e. The molecule has 2 aromatic heterocycles. The molecule has 0 saturated carbocycles. The van der Waals surface area contributed by atoms with Gasteiger partial charge >= 0.3 is 5.97 Å². The number of H-pyrrole nitrogens is 1. The maximum absolute atomic E-state index is 12.8. The van der Waals surface area contributed by atoms with E-state index in [0.29, 0.717) is 15.8 Å². The van der Waals surface area contributed by atoms with Crippen LogP contribution in [0.5, 0.6) is 0 Å². The topological polar surface area (TPSA) is 89.1 Å². The highest BCUT2D eigenvalue weighted by atomic mass is 32.1. The number of hydrogen-bond acceptors (Lipinski definition) is 6. The quantitative estimate of drug-likeness (QED) is 0.399. The molecule has 0 bridgehead atoms. The second kappa shape index (κ2) is 7.81. The first-order valence-corrected chi connectivity index (χ1v) is 9.79. The third kappa shape index (κ3) is 3.72. The zero-order valence-corrected chi connectivity index (χ0v) is 16.2. The summed E-state index contributed by atoms with van der Waals surface area (Å²) >= 11 is 1.31. The second-order valence-electron chi connectivity index (χ2n) is 6.37. The summed E-state index contributed by atoms with van der Waals surface area (Å²) in [4.78, 5) is 45.3. The monoisotopic (exact) mass is 404 g/mol. The minimum Gasteiger partial charge on any atom is -0.451 e. The fourth-order valence-corrected chi connectivity index (χ4v) is 3.65. The van der Waals surface area contributed by atoms with E-state index in [4.69, 9.17) is 4.74 Å². The number of nitrogens with zero attached hydrogens (tertiary/aromatic N) is 1. The first-order valence-electron chi connectivity index (χ1n) is 8.92. The van der Waals surface area contributed by atoms with Gasteiger partial charge in [-0.1, -0.05) is 36.4 Å². The summed E-state index contributed by atoms with van der Waals surface area (Å²) in [6, 6.07) is 16.9. The number of benzene rings is 2. The van der Waals surface area contributed by atoms with Gasteiger partial charge in [0.05, 0.1) is 21.3 Å². The molecule has 0 aliphatic rings. The van der Waals surface area contributed by atoms with Crippen LogP contribution in [0.15, 0.2) is 70.8 Å². The van der Waals surface area contributed by atoms with Crippen LogP contribution in [-0.4, -0.2) is 21.7 Å². The summed E-state index contributed by atoms with van der Waals surface area (Å²) < 4.78 is 5.51. The number of carbonyl (C=O) groups excluding carboxylic acids is 2. The van der Waals surface area contributed by atoms with Crippen LogP contribution in [0.3, 0.4) is 0 Å². The first-order chi connectivity index (χ1) is 14.0. The van der Waals surface area contributed by atoms with Gasteiger partial charge in [0.1, 0.15) is 0 Å². The molecule has 29 heavy (non-hydrogen) atoms. The van der Waals surface area contributed by atoms with Gasteiger partial charge in [0, 0.05) is 5.56 Å². The van der Waals surface area contributed by atoms with E-state index in [1.165, 1.54) is 11.3 Å². The minimum atomic E-state index is -0.801. The molecule has 2 heterocycles. The van der Waals surface area contributed by atoms with Gasteiger partial charge < -0.3 is 9.72 Å². The molecule has 7 heteroatoms. The Labute approximate surface area is 169 Å². The molecule has 144 valence electrons. The van der Waals surface area contributed by atoms with E-state index in [1.54, 1.807) is 73.0 Å². The van der Waals surface area contributed by atoms with Crippen LogP contribution in [-0.2, 0) is 4.74 Å². The number of ether oxygens (including phenoxy) is 1. The molecular formula is C22H16N2O4S. The van der Waals surface area contributed by atoms with Crippen LogP contribution in [0, 0.1) is 0 Å². The number of para-hydroxylation sites is 1. The molecule has 0 radical (unpaired) electrons. The number of ketones is 1. The van der Waals surface area contributed by atoms with E-state index < -0.39 is 12.1 Å². The molecule has 1 atom stereocenters. The molecule has 0 amide bonds. The molecule has 0 saturated heterocycles. The normalized spacial score (nSPS) is 11.9. The largest absolute Gasteiger partial charge is 0.451 e. The number of fused-ring (bicyclic) bond motifs is 1. The zero-order chi connectivity index (χ0) is 20.4. The lowest BCUT2D eigenvalue weighted by molar-refractivity contribution is 0.0318. The highest BCUT2D eigenvalue weighted by molar-refractivity contribution is 7.12. The van der Waals surface area contributed by atoms with Gasteiger partial charge in [-0.3, -0.25) is 9.59 Å². The minimum absolute atomic E-state index is 0.167. The van der Waals surface area contributed by atoms with Gasteiger partial charge in [-0.25, -0.2) is 9.78 Å². The molecule has 1 unspecified atom stereocenters. The van der Waals surface area contributed by atoms with E-state index >= 15 is 0 Å². The number of nitrogens with one attached hydrogen (secondary N) is 1. The summed E-state index contributed by atoms with van der Waals surface area (Å²) in [6.45, 7) is 1.62. The van der Waals surface area contributed by atoms with Crippen molar-refractivity contribution in [1.29, 1.82) is 0 Å². The van der Waals surface area contributed by atoms with Crippen molar-refractivity contribution in [2.24, 2.45) is 0 Å². The van der Waals surface area contributed by atoms with Crippen molar-refractivity contribution in [1.82, 2.24) is 9.97 Å². The molecular weight excluding hydrogens is 388 g/mol. The molecule has 0 aliphatic heterocycles. The Hall–Kier alpha value is -3.58. The van der Waals surface area contributed by atoms with E-state index in [0.717, 1.165) is 0 Å².